The van der Waals surface area contributed by atoms with Crippen LogP contribution in [0.2, 0.25) is 5.02 Å². The molecule has 1 heterocycles. The molecular formula is C17H16BrClO2. The lowest BCUT2D eigenvalue weighted by atomic mass is 9.88. The number of fused-ring (bicyclic) bond motifs is 1. The molecule has 21 heavy (non-hydrogen) atoms. The minimum absolute atomic E-state index is 0.470. The molecule has 3 rings (SSSR count). The smallest absolute Gasteiger partial charge is 0.126 e. The van der Waals surface area contributed by atoms with Gasteiger partial charge in [-0.25, -0.2) is 0 Å². The molecule has 1 aliphatic rings. The van der Waals surface area contributed by atoms with E-state index in [1.807, 2.05) is 43.3 Å². The molecule has 2 aromatic carbocycles. The van der Waals surface area contributed by atoms with E-state index in [0.717, 1.165) is 33.3 Å². The molecule has 0 aliphatic carbocycles. The van der Waals surface area contributed by atoms with Crippen molar-refractivity contribution in [3.8, 4) is 5.75 Å². The molecule has 2 nitrogen and oxygen atoms in total. The fourth-order valence-electron chi connectivity index (χ4n) is 2.76. The maximum Gasteiger partial charge on any atom is 0.126 e. The van der Waals surface area contributed by atoms with Crippen LogP contribution in [0.25, 0.3) is 0 Å². The minimum Gasteiger partial charge on any atom is -0.493 e. The van der Waals surface area contributed by atoms with Crippen LogP contribution < -0.4 is 4.74 Å². The summed E-state index contributed by atoms with van der Waals surface area (Å²) < 4.78 is 6.70. The molecule has 1 atom stereocenters. The average Bonchev–Trinajstić information content (AvgIpc) is 2.87. The van der Waals surface area contributed by atoms with Gasteiger partial charge < -0.3 is 9.84 Å². The van der Waals surface area contributed by atoms with Gasteiger partial charge in [0.05, 0.1) is 12.2 Å². The van der Waals surface area contributed by atoms with Crippen molar-refractivity contribution in [2.24, 2.45) is 0 Å². The molecule has 1 aliphatic heterocycles. The highest BCUT2D eigenvalue weighted by atomic mass is 79.9. The normalized spacial score (nSPS) is 16.2. The Morgan fingerprint density at radius 2 is 2.00 bits per heavy atom. The van der Waals surface area contributed by atoms with E-state index >= 15 is 0 Å². The van der Waals surface area contributed by atoms with Crippen molar-refractivity contribution < 1.29 is 9.84 Å². The quantitative estimate of drug-likeness (QED) is 0.866. The molecule has 4 heteroatoms. The standard InChI is InChI=1S/C17H16BrClO2/c1-17(20,13-2-4-14(18)5-3-13)10-12-9-15(19)8-11-6-7-21-16(11)12/h2-5,8-9,20H,6-7,10H2,1H3. The first-order valence-electron chi connectivity index (χ1n) is 6.88. The predicted octanol–water partition coefficient (Wildman–Crippen LogP) is 4.49. The van der Waals surface area contributed by atoms with Crippen LogP contribution in [0.5, 0.6) is 5.75 Å². The number of aliphatic hydroxyl groups is 1. The number of rotatable bonds is 3. The minimum atomic E-state index is -0.967. The van der Waals surface area contributed by atoms with Gasteiger partial charge in [-0.3, -0.25) is 0 Å². The molecule has 0 bridgehead atoms. The fraction of sp³-hybridized carbons (Fsp3) is 0.294. The Bertz CT molecular complexity index is 665. The van der Waals surface area contributed by atoms with Gasteiger partial charge >= 0.3 is 0 Å². The third kappa shape index (κ3) is 3.10. The maximum atomic E-state index is 10.8. The SMILES string of the molecule is CC(O)(Cc1cc(Cl)cc2c1OCC2)c1ccc(Br)cc1. The summed E-state index contributed by atoms with van der Waals surface area (Å²) in [6.45, 7) is 2.50. The van der Waals surface area contributed by atoms with E-state index < -0.39 is 5.60 Å². The van der Waals surface area contributed by atoms with Crippen LogP contribution in [-0.4, -0.2) is 11.7 Å². The van der Waals surface area contributed by atoms with Crippen molar-refractivity contribution in [3.05, 3.63) is 62.6 Å². The van der Waals surface area contributed by atoms with Gasteiger partial charge in [-0.05, 0) is 47.9 Å². The van der Waals surface area contributed by atoms with E-state index in [2.05, 4.69) is 15.9 Å². The Hall–Kier alpha value is -1.03. The van der Waals surface area contributed by atoms with E-state index in [1.165, 1.54) is 0 Å². The first-order chi connectivity index (χ1) is 9.95. The molecular weight excluding hydrogens is 352 g/mol. The van der Waals surface area contributed by atoms with Crippen LogP contribution in [0.4, 0.5) is 0 Å². The third-order valence-corrected chi connectivity index (χ3v) is 4.57. The van der Waals surface area contributed by atoms with Gasteiger partial charge in [0.15, 0.2) is 0 Å². The summed E-state index contributed by atoms with van der Waals surface area (Å²) in [4.78, 5) is 0. The Balaban J connectivity index is 1.94. The maximum absolute atomic E-state index is 10.8. The lowest BCUT2D eigenvalue weighted by Crippen LogP contribution is -2.24. The van der Waals surface area contributed by atoms with Gasteiger partial charge in [0.2, 0.25) is 0 Å². The number of hydrogen-bond donors (Lipinski definition) is 1. The number of hydrogen-bond acceptors (Lipinski definition) is 2. The average molecular weight is 368 g/mol. The summed E-state index contributed by atoms with van der Waals surface area (Å²) in [7, 11) is 0. The lowest BCUT2D eigenvalue weighted by molar-refractivity contribution is 0.0569. The summed E-state index contributed by atoms with van der Waals surface area (Å²) in [6.07, 6.45) is 1.35. The van der Waals surface area contributed by atoms with Crippen molar-refractivity contribution in [1.29, 1.82) is 0 Å². The van der Waals surface area contributed by atoms with Crippen molar-refractivity contribution >= 4 is 27.5 Å². The molecule has 0 saturated heterocycles. The molecule has 1 unspecified atom stereocenters. The molecule has 110 valence electrons. The summed E-state index contributed by atoms with van der Waals surface area (Å²) in [6, 6.07) is 11.6. The van der Waals surface area contributed by atoms with E-state index in [9.17, 15) is 5.11 Å². The zero-order chi connectivity index (χ0) is 15.0. The Morgan fingerprint density at radius 3 is 2.71 bits per heavy atom. The van der Waals surface area contributed by atoms with Crippen LogP contribution in [0.15, 0.2) is 40.9 Å². The molecule has 0 radical (unpaired) electrons. The van der Waals surface area contributed by atoms with Gasteiger partial charge in [0.1, 0.15) is 5.75 Å². The first-order valence-corrected chi connectivity index (χ1v) is 8.05. The van der Waals surface area contributed by atoms with Gasteiger partial charge in [0, 0.05) is 22.3 Å². The molecule has 0 amide bonds. The Morgan fingerprint density at radius 1 is 1.29 bits per heavy atom. The highest BCUT2D eigenvalue weighted by Crippen LogP contribution is 2.37. The van der Waals surface area contributed by atoms with Gasteiger partial charge in [-0.2, -0.15) is 0 Å². The largest absolute Gasteiger partial charge is 0.493 e. The number of benzene rings is 2. The monoisotopic (exact) mass is 366 g/mol. The van der Waals surface area contributed by atoms with Gasteiger partial charge in [-0.15, -0.1) is 0 Å². The van der Waals surface area contributed by atoms with E-state index in [-0.39, 0.29) is 0 Å². The summed E-state index contributed by atoms with van der Waals surface area (Å²) >= 11 is 9.59. The van der Waals surface area contributed by atoms with E-state index in [0.29, 0.717) is 18.1 Å². The summed E-state index contributed by atoms with van der Waals surface area (Å²) in [5, 5.41) is 11.5. The molecule has 1 N–H and O–H groups in total. The highest BCUT2D eigenvalue weighted by molar-refractivity contribution is 9.10. The zero-order valence-corrected chi connectivity index (χ0v) is 14.0. The molecule has 0 fully saturated rings. The topological polar surface area (TPSA) is 29.5 Å². The van der Waals surface area contributed by atoms with E-state index in [4.69, 9.17) is 16.3 Å². The Labute approximate surface area is 137 Å². The van der Waals surface area contributed by atoms with Crippen molar-refractivity contribution in [3.63, 3.8) is 0 Å². The highest BCUT2D eigenvalue weighted by Gasteiger charge is 2.27. The Kier molecular flexibility index (Phi) is 4.00. The second-order valence-electron chi connectivity index (χ2n) is 5.61. The molecule has 0 aromatic heterocycles. The first kappa shape index (κ1) is 14.9. The van der Waals surface area contributed by atoms with Gasteiger partial charge in [-0.1, -0.05) is 39.7 Å². The second kappa shape index (κ2) is 5.64. The van der Waals surface area contributed by atoms with Crippen molar-refractivity contribution in [2.75, 3.05) is 6.61 Å². The third-order valence-electron chi connectivity index (χ3n) is 3.83. The summed E-state index contributed by atoms with van der Waals surface area (Å²) in [5.41, 5.74) is 2.00. The van der Waals surface area contributed by atoms with Crippen LogP contribution in [-0.2, 0) is 18.4 Å². The van der Waals surface area contributed by atoms with Crippen LogP contribution in [0, 0.1) is 0 Å². The number of ether oxygens (including phenoxy) is 1. The van der Waals surface area contributed by atoms with Crippen molar-refractivity contribution in [1.82, 2.24) is 0 Å². The zero-order valence-electron chi connectivity index (χ0n) is 11.7. The van der Waals surface area contributed by atoms with Crippen molar-refractivity contribution in [2.45, 2.75) is 25.4 Å². The second-order valence-corrected chi connectivity index (χ2v) is 6.96. The fourth-order valence-corrected chi connectivity index (χ4v) is 3.29. The van der Waals surface area contributed by atoms with Crippen LogP contribution in [0.1, 0.15) is 23.6 Å². The number of halogens is 2. The molecule has 2 aromatic rings. The molecule has 0 saturated carbocycles. The van der Waals surface area contributed by atoms with Crippen LogP contribution >= 0.6 is 27.5 Å². The lowest BCUT2D eigenvalue weighted by Gasteiger charge is -2.25. The van der Waals surface area contributed by atoms with E-state index in [1.54, 1.807) is 0 Å². The molecule has 0 spiro atoms. The van der Waals surface area contributed by atoms with Gasteiger partial charge in [0.25, 0.3) is 0 Å². The summed E-state index contributed by atoms with van der Waals surface area (Å²) in [5.74, 6) is 0.886. The predicted molar refractivity (Wildman–Crippen MR) is 88.1 cm³/mol. The van der Waals surface area contributed by atoms with Crippen LogP contribution in [0.3, 0.4) is 0 Å².